The Balaban J connectivity index is 0. The molecule has 1 nitrogen and oxygen atoms in total. The number of hydrogen-bond acceptors (Lipinski definition) is 1. The van der Waals surface area contributed by atoms with E-state index >= 15 is 0 Å². The third kappa shape index (κ3) is 11.5. The van der Waals surface area contributed by atoms with Crippen molar-refractivity contribution in [2.24, 2.45) is 0 Å². The summed E-state index contributed by atoms with van der Waals surface area (Å²) in [7, 11) is 0. The summed E-state index contributed by atoms with van der Waals surface area (Å²) in [5.74, 6) is 0. The maximum Gasteiger partial charge on any atom is 0 e. The molecule has 3 heteroatoms. The quantitative estimate of drug-likeness (QED) is 0.562. The molecule has 11 heavy (non-hydrogen) atoms. The normalized spacial score (nSPS) is 8.91. The van der Waals surface area contributed by atoms with Crippen molar-refractivity contribution in [1.29, 1.82) is 0 Å². The summed E-state index contributed by atoms with van der Waals surface area (Å²) in [6.45, 7) is 4.33. The van der Waals surface area contributed by atoms with Gasteiger partial charge in [0.05, 0.1) is 0 Å². The van der Waals surface area contributed by atoms with Crippen LogP contribution in [0, 0.1) is 0 Å². The van der Waals surface area contributed by atoms with E-state index in [-0.39, 0.29) is 27.3 Å². The van der Waals surface area contributed by atoms with Gasteiger partial charge < -0.3 is 0 Å². The molecule has 0 aromatic heterocycles. The second-order valence-corrected chi connectivity index (χ2v) is 8.67. The van der Waals surface area contributed by atoms with Gasteiger partial charge in [0.25, 0.3) is 0 Å². The maximum atomic E-state index is 11.2. The molecule has 0 aliphatic rings. The van der Waals surface area contributed by atoms with Crippen molar-refractivity contribution in [3.8, 4) is 0 Å². The van der Waals surface area contributed by atoms with E-state index in [1.807, 2.05) is 0 Å². The minimum Gasteiger partial charge on any atom is 0 e. The predicted molar refractivity (Wildman–Crippen MR) is 51.6 cm³/mol. The van der Waals surface area contributed by atoms with Crippen molar-refractivity contribution in [2.45, 2.75) is 48.4 Å². The number of unbranched alkanes of at least 4 members (excludes halogenated alkanes) is 2. The van der Waals surface area contributed by atoms with Gasteiger partial charge in [-0.15, -0.1) is 0 Å². The van der Waals surface area contributed by atoms with Gasteiger partial charge in [0.1, 0.15) is 0 Å². The van der Waals surface area contributed by atoms with Crippen molar-refractivity contribution in [1.82, 2.24) is 0 Å². The summed E-state index contributed by atoms with van der Waals surface area (Å²) in [5, 5.41) is 0. The van der Waals surface area contributed by atoms with Crippen LogP contribution in [-0.4, -0.2) is 47.0 Å². The van der Waals surface area contributed by atoms with E-state index in [0.717, 1.165) is 8.87 Å². The van der Waals surface area contributed by atoms with E-state index in [4.69, 9.17) is 0 Å². The molecule has 0 saturated carbocycles. The standard InChI is InChI=1S/2C4H9.O.Pb.Sn/c2*1-3-4-2;;;/h2*1,3-4H2,2H3;;;. The fraction of sp³-hybridized carbons (Fsp3) is 1.00. The SMILES string of the molecule is CCC[CH2][Sn](=[O])[CH2]CCC.[Pb]. The second kappa shape index (κ2) is 11.5. The van der Waals surface area contributed by atoms with Crippen LogP contribution in [0.4, 0.5) is 0 Å². The molecule has 4 radical (unpaired) electrons. The van der Waals surface area contributed by atoms with Crippen molar-refractivity contribution < 1.29 is 3.08 Å². The van der Waals surface area contributed by atoms with Crippen LogP contribution in [0.3, 0.4) is 0 Å². The number of hydrogen-bond donors (Lipinski definition) is 0. The molecule has 0 amide bonds. The van der Waals surface area contributed by atoms with Crippen LogP contribution in [0.15, 0.2) is 0 Å². The van der Waals surface area contributed by atoms with Crippen LogP contribution in [0.2, 0.25) is 8.87 Å². The molecule has 64 valence electrons. The third-order valence-electron chi connectivity index (χ3n) is 1.62. The van der Waals surface area contributed by atoms with E-state index < -0.39 is 19.7 Å². The Bertz CT molecular complexity index is 86.1. The molecule has 0 spiro atoms. The monoisotopic (exact) mass is 458 g/mol. The van der Waals surface area contributed by atoms with Gasteiger partial charge >= 0.3 is 71.2 Å². The Morgan fingerprint density at radius 2 is 1.36 bits per heavy atom. The molecular formula is C8H18OPbSn. The predicted octanol–water partition coefficient (Wildman–Crippen LogP) is 2.63. The Morgan fingerprint density at radius 3 is 1.64 bits per heavy atom. The zero-order valence-corrected chi connectivity index (χ0v) is 14.4. The van der Waals surface area contributed by atoms with Crippen LogP contribution >= 0.6 is 0 Å². The molecule has 0 N–H and O–H groups in total. The average Bonchev–Trinajstić information content (AvgIpc) is 1.97. The zero-order chi connectivity index (χ0) is 7.82. The topological polar surface area (TPSA) is 17.1 Å². The Labute approximate surface area is 97.6 Å². The molecule has 0 unspecified atom stereocenters. The van der Waals surface area contributed by atoms with Crippen LogP contribution in [0.5, 0.6) is 0 Å². The summed E-state index contributed by atoms with van der Waals surface area (Å²) in [4.78, 5) is 0. The first-order valence-electron chi connectivity index (χ1n) is 4.33. The largest absolute Gasteiger partial charge is 0 e. The van der Waals surface area contributed by atoms with Crippen molar-refractivity contribution in [3.05, 3.63) is 0 Å². The van der Waals surface area contributed by atoms with Gasteiger partial charge in [0.15, 0.2) is 0 Å². The first kappa shape index (κ1) is 15.0. The molecule has 0 heterocycles. The molecule has 0 atom stereocenters. The van der Waals surface area contributed by atoms with Crippen molar-refractivity contribution in [2.75, 3.05) is 0 Å². The van der Waals surface area contributed by atoms with Gasteiger partial charge in [-0.2, -0.15) is 0 Å². The van der Waals surface area contributed by atoms with Gasteiger partial charge in [-0.25, -0.2) is 0 Å². The molecule has 0 aromatic rings. The molecule has 0 rings (SSSR count). The van der Waals surface area contributed by atoms with Crippen LogP contribution in [0.1, 0.15) is 39.5 Å². The van der Waals surface area contributed by atoms with E-state index in [2.05, 4.69) is 13.8 Å². The third-order valence-corrected chi connectivity index (χ3v) is 6.82. The van der Waals surface area contributed by atoms with Gasteiger partial charge in [-0.05, 0) is 0 Å². The van der Waals surface area contributed by atoms with Crippen molar-refractivity contribution in [3.63, 3.8) is 0 Å². The minimum absolute atomic E-state index is 0. The van der Waals surface area contributed by atoms with Gasteiger partial charge in [-0.1, -0.05) is 0 Å². The fourth-order valence-electron chi connectivity index (χ4n) is 0.873. The fourth-order valence-corrected chi connectivity index (χ4v) is 5.86. The minimum atomic E-state index is -1.99. The van der Waals surface area contributed by atoms with E-state index in [1.54, 1.807) is 0 Å². The number of rotatable bonds is 6. The van der Waals surface area contributed by atoms with Crippen LogP contribution in [-0.2, 0) is 3.08 Å². The summed E-state index contributed by atoms with van der Waals surface area (Å²) < 4.78 is 13.4. The van der Waals surface area contributed by atoms with E-state index in [0.29, 0.717) is 0 Å². The van der Waals surface area contributed by atoms with Crippen LogP contribution < -0.4 is 0 Å². The molecule has 0 aliphatic heterocycles. The summed E-state index contributed by atoms with van der Waals surface area (Å²) in [6.07, 6.45) is 4.81. The van der Waals surface area contributed by atoms with Gasteiger partial charge in [0.2, 0.25) is 0 Å². The smallest absolute Gasteiger partial charge is 0 e. The van der Waals surface area contributed by atoms with E-state index in [1.165, 1.54) is 25.7 Å². The molecule has 0 saturated heterocycles. The average molecular weight is 456 g/mol. The first-order chi connectivity index (χ1) is 4.81. The maximum absolute atomic E-state index is 11.2. The van der Waals surface area contributed by atoms with E-state index in [9.17, 15) is 3.08 Å². The molecular weight excluding hydrogens is 438 g/mol. The Hall–Kier alpha value is 1.52. The first-order valence-corrected chi connectivity index (χ1v) is 9.53. The molecule has 0 bridgehead atoms. The second-order valence-electron chi connectivity index (χ2n) is 2.75. The summed E-state index contributed by atoms with van der Waals surface area (Å²) >= 11 is -1.99. The zero-order valence-electron chi connectivity index (χ0n) is 7.65. The Kier molecular flexibility index (Phi) is 15.7. The Morgan fingerprint density at radius 1 is 1.00 bits per heavy atom. The van der Waals surface area contributed by atoms with Gasteiger partial charge in [0, 0.05) is 27.3 Å². The molecule has 0 aliphatic carbocycles. The van der Waals surface area contributed by atoms with Crippen LogP contribution in [0.25, 0.3) is 0 Å². The summed E-state index contributed by atoms with van der Waals surface area (Å²) in [5.41, 5.74) is 0. The van der Waals surface area contributed by atoms with Gasteiger partial charge in [-0.3, -0.25) is 0 Å². The van der Waals surface area contributed by atoms with Crippen molar-refractivity contribution >= 4 is 47.0 Å². The molecule has 0 aromatic carbocycles. The summed E-state index contributed by atoms with van der Waals surface area (Å²) in [6, 6.07) is 0. The molecule has 0 fully saturated rings.